The average Bonchev–Trinajstić information content (AvgIpc) is 3.28. The molecule has 0 saturated carbocycles. The van der Waals surface area contributed by atoms with Gasteiger partial charge in [0, 0.05) is 17.8 Å². The van der Waals surface area contributed by atoms with Crippen LogP contribution in [0.5, 0.6) is 5.75 Å². The molecule has 1 N–H and O–H groups in total. The number of carbonyl (C=O) groups excluding carboxylic acids is 2. The van der Waals surface area contributed by atoms with E-state index in [2.05, 4.69) is 21.6 Å². The maximum absolute atomic E-state index is 12.7. The highest BCUT2D eigenvalue weighted by atomic mass is 32.2. The highest BCUT2D eigenvalue weighted by molar-refractivity contribution is 7.99. The second-order valence-corrected chi connectivity index (χ2v) is 7.87. The predicted molar refractivity (Wildman–Crippen MR) is 116 cm³/mol. The molecule has 8 nitrogen and oxygen atoms in total. The van der Waals surface area contributed by atoms with Gasteiger partial charge in [0.2, 0.25) is 11.8 Å². The molecule has 2 amide bonds. The fraction of sp³-hybridized carbons (Fsp3) is 0.273. The number of benzene rings is 2. The van der Waals surface area contributed by atoms with Gasteiger partial charge in [-0.25, -0.2) is 0 Å². The zero-order valence-corrected chi connectivity index (χ0v) is 17.9. The topological polar surface area (TPSA) is 97.6 Å². The summed E-state index contributed by atoms with van der Waals surface area (Å²) in [6.45, 7) is 0.814. The zero-order valence-electron chi connectivity index (χ0n) is 17.0. The highest BCUT2D eigenvalue weighted by Gasteiger charge is 2.22. The molecule has 0 unspecified atom stereocenters. The van der Waals surface area contributed by atoms with Gasteiger partial charge in [-0.15, -0.1) is 10.2 Å². The highest BCUT2D eigenvalue weighted by Crippen LogP contribution is 2.28. The first kappa shape index (κ1) is 20.9. The summed E-state index contributed by atoms with van der Waals surface area (Å²) in [4.78, 5) is 26.7. The van der Waals surface area contributed by atoms with Crippen LogP contribution in [-0.4, -0.2) is 41.4 Å². The van der Waals surface area contributed by atoms with Gasteiger partial charge in [-0.05, 0) is 48.7 Å². The summed E-state index contributed by atoms with van der Waals surface area (Å²) in [5.41, 5.74) is 2.67. The number of thioether (sulfide) groups is 1. The number of carbonyl (C=O) groups is 2. The Bertz CT molecular complexity index is 1070. The summed E-state index contributed by atoms with van der Waals surface area (Å²) < 4.78 is 10.6. The molecule has 31 heavy (non-hydrogen) atoms. The Kier molecular flexibility index (Phi) is 6.51. The van der Waals surface area contributed by atoms with Crippen LogP contribution in [0.4, 0.5) is 5.69 Å². The number of hydrogen-bond donors (Lipinski definition) is 1. The Balaban J connectivity index is 1.28. The van der Waals surface area contributed by atoms with Crippen molar-refractivity contribution in [3.05, 3.63) is 65.5 Å². The van der Waals surface area contributed by atoms with Crippen molar-refractivity contribution in [1.29, 1.82) is 0 Å². The molecular formula is C22H22N4O4S. The first-order valence-electron chi connectivity index (χ1n) is 9.90. The van der Waals surface area contributed by atoms with E-state index in [9.17, 15) is 9.59 Å². The van der Waals surface area contributed by atoms with Gasteiger partial charge in [-0.1, -0.05) is 30.0 Å². The van der Waals surface area contributed by atoms with Crippen molar-refractivity contribution in [3.63, 3.8) is 0 Å². The number of ether oxygens (including phenoxy) is 1. The standard InChI is InChI=1S/C22H22N4O4S/c1-29-17-10-8-16(9-11-17)21(28)23-13-19-24-25-22(30-19)31-14-20(27)26-12-4-6-15-5-2-3-7-18(15)26/h2-3,5,7-11H,4,6,12-14H2,1H3,(H,23,28). The van der Waals surface area contributed by atoms with Crippen LogP contribution < -0.4 is 15.0 Å². The van der Waals surface area contributed by atoms with E-state index in [0.717, 1.165) is 18.5 Å². The van der Waals surface area contributed by atoms with Crippen LogP contribution in [0.1, 0.15) is 28.2 Å². The number of aromatic nitrogens is 2. The zero-order chi connectivity index (χ0) is 21.6. The molecule has 0 radical (unpaired) electrons. The molecule has 1 aliphatic heterocycles. The lowest BCUT2D eigenvalue weighted by Crippen LogP contribution is -2.36. The number of nitrogens with one attached hydrogen (secondary N) is 1. The van der Waals surface area contributed by atoms with E-state index in [1.54, 1.807) is 31.4 Å². The lowest BCUT2D eigenvalue weighted by molar-refractivity contribution is -0.116. The van der Waals surface area contributed by atoms with Crippen LogP contribution in [0.25, 0.3) is 0 Å². The number of nitrogens with zero attached hydrogens (tertiary/aromatic N) is 3. The second kappa shape index (κ2) is 9.65. The Morgan fingerprint density at radius 2 is 1.97 bits per heavy atom. The molecule has 0 bridgehead atoms. The number of para-hydroxylation sites is 1. The van der Waals surface area contributed by atoms with Gasteiger partial charge in [0.05, 0.1) is 19.4 Å². The van der Waals surface area contributed by atoms with Crippen LogP contribution in [0, 0.1) is 0 Å². The Morgan fingerprint density at radius 3 is 2.77 bits per heavy atom. The molecule has 0 fully saturated rings. The predicted octanol–water partition coefficient (Wildman–Crippen LogP) is 3.08. The molecule has 0 spiro atoms. The van der Waals surface area contributed by atoms with Gasteiger partial charge in [0.1, 0.15) is 5.75 Å². The van der Waals surface area contributed by atoms with Crippen LogP contribution in [0.2, 0.25) is 0 Å². The van der Waals surface area contributed by atoms with Gasteiger partial charge in [0.15, 0.2) is 0 Å². The van der Waals surface area contributed by atoms with Crippen molar-refractivity contribution >= 4 is 29.3 Å². The monoisotopic (exact) mass is 438 g/mol. The van der Waals surface area contributed by atoms with Gasteiger partial charge < -0.3 is 19.4 Å². The summed E-state index contributed by atoms with van der Waals surface area (Å²) in [6.07, 6.45) is 1.94. The van der Waals surface area contributed by atoms with Gasteiger partial charge in [-0.2, -0.15) is 0 Å². The molecule has 3 aromatic rings. The molecular weight excluding hydrogens is 416 g/mol. The number of methoxy groups -OCH3 is 1. The van der Waals surface area contributed by atoms with E-state index in [0.29, 0.717) is 23.1 Å². The van der Waals surface area contributed by atoms with Crippen molar-refractivity contribution in [3.8, 4) is 5.75 Å². The van der Waals surface area contributed by atoms with E-state index in [1.807, 2.05) is 23.1 Å². The van der Waals surface area contributed by atoms with Gasteiger partial charge in [-0.3, -0.25) is 9.59 Å². The molecule has 0 saturated heterocycles. The molecule has 9 heteroatoms. The van der Waals surface area contributed by atoms with Crippen molar-refractivity contribution in [2.24, 2.45) is 0 Å². The fourth-order valence-electron chi connectivity index (χ4n) is 3.36. The van der Waals surface area contributed by atoms with Crippen molar-refractivity contribution in [2.45, 2.75) is 24.6 Å². The van der Waals surface area contributed by atoms with E-state index in [4.69, 9.17) is 9.15 Å². The third-order valence-electron chi connectivity index (χ3n) is 4.93. The van der Waals surface area contributed by atoms with E-state index >= 15 is 0 Å². The summed E-state index contributed by atoms with van der Waals surface area (Å²) in [7, 11) is 1.57. The maximum atomic E-state index is 12.7. The van der Waals surface area contributed by atoms with Crippen LogP contribution in [0.15, 0.2) is 58.2 Å². The maximum Gasteiger partial charge on any atom is 0.277 e. The third-order valence-corrected chi connectivity index (χ3v) is 5.73. The molecule has 2 aromatic carbocycles. The molecule has 1 aromatic heterocycles. The first-order chi connectivity index (χ1) is 15.1. The second-order valence-electron chi connectivity index (χ2n) is 6.94. The van der Waals surface area contributed by atoms with E-state index in [-0.39, 0.29) is 30.0 Å². The number of amides is 2. The number of fused-ring (bicyclic) bond motifs is 1. The lowest BCUT2D eigenvalue weighted by atomic mass is 10.0. The minimum atomic E-state index is -0.256. The Hall–Kier alpha value is -3.33. The number of hydrogen-bond acceptors (Lipinski definition) is 7. The molecule has 2 heterocycles. The fourth-order valence-corrected chi connectivity index (χ4v) is 4.02. The normalized spacial score (nSPS) is 12.9. The van der Waals surface area contributed by atoms with E-state index < -0.39 is 0 Å². The summed E-state index contributed by atoms with van der Waals surface area (Å²) in [5, 5.41) is 10.9. The minimum Gasteiger partial charge on any atom is -0.497 e. The Morgan fingerprint density at radius 1 is 1.16 bits per heavy atom. The SMILES string of the molecule is COc1ccc(C(=O)NCc2nnc(SCC(=O)N3CCCc4ccccc43)o2)cc1. The van der Waals surface area contributed by atoms with Gasteiger partial charge >= 0.3 is 0 Å². The number of rotatable bonds is 7. The first-order valence-corrected chi connectivity index (χ1v) is 10.9. The largest absolute Gasteiger partial charge is 0.497 e. The lowest BCUT2D eigenvalue weighted by Gasteiger charge is -2.29. The number of anilines is 1. The van der Waals surface area contributed by atoms with Crippen LogP contribution in [-0.2, 0) is 17.8 Å². The smallest absolute Gasteiger partial charge is 0.277 e. The molecule has 0 atom stereocenters. The third kappa shape index (κ3) is 5.05. The summed E-state index contributed by atoms with van der Waals surface area (Å²) in [6, 6.07) is 14.8. The van der Waals surface area contributed by atoms with Gasteiger partial charge in [0.25, 0.3) is 11.1 Å². The quantitative estimate of drug-likeness (QED) is 0.566. The van der Waals surface area contributed by atoms with E-state index in [1.165, 1.54) is 17.3 Å². The Labute approximate surface area is 184 Å². The van der Waals surface area contributed by atoms with Crippen molar-refractivity contribution in [2.75, 3.05) is 24.3 Å². The number of aryl methyl sites for hydroxylation is 1. The molecule has 160 valence electrons. The molecule has 1 aliphatic rings. The minimum absolute atomic E-state index is 0.00436. The van der Waals surface area contributed by atoms with Crippen molar-refractivity contribution in [1.82, 2.24) is 15.5 Å². The van der Waals surface area contributed by atoms with Crippen LogP contribution in [0.3, 0.4) is 0 Å². The van der Waals surface area contributed by atoms with Crippen LogP contribution >= 0.6 is 11.8 Å². The molecule has 4 rings (SSSR count). The molecule has 0 aliphatic carbocycles. The average molecular weight is 439 g/mol. The summed E-state index contributed by atoms with van der Waals surface area (Å²) in [5.74, 6) is 0.908. The summed E-state index contributed by atoms with van der Waals surface area (Å²) >= 11 is 1.19. The van der Waals surface area contributed by atoms with Crippen molar-refractivity contribution < 1.29 is 18.7 Å².